The fourth-order valence-electron chi connectivity index (χ4n) is 10.3. The average Bonchev–Trinajstić information content (AvgIpc) is 3.83. The molecule has 1 aliphatic carbocycles. The molecule has 0 saturated heterocycles. The zero-order chi connectivity index (χ0) is 42.1. The summed E-state index contributed by atoms with van der Waals surface area (Å²) in [7, 11) is 0. The van der Waals surface area contributed by atoms with Crippen LogP contribution in [0.2, 0.25) is 0 Å². The van der Waals surface area contributed by atoms with E-state index in [-0.39, 0.29) is 5.41 Å². The van der Waals surface area contributed by atoms with Crippen molar-refractivity contribution in [3.05, 3.63) is 236 Å². The predicted octanol–water partition coefficient (Wildman–Crippen LogP) is 17.7. The molecule has 63 heavy (non-hydrogen) atoms. The van der Waals surface area contributed by atoms with E-state index >= 15 is 0 Å². The van der Waals surface area contributed by atoms with Crippen molar-refractivity contribution in [2.75, 3.05) is 4.90 Å². The van der Waals surface area contributed by atoms with Crippen LogP contribution in [0, 0.1) is 0 Å². The van der Waals surface area contributed by atoms with Crippen molar-refractivity contribution in [2.45, 2.75) is 19.3 Å². The quantitative estimate of drug-likeness (QED) is 0.155. The van der Waals surface area contributed by atoms with Crippen LogP contribution in [0.1, 0.15) is 25.0 Å². The first kappa shape index (κ1) is 37.3. The van der Waals surface area contributed by atoms with E-state index in [1.54, 1.807) is 0 Å². The second-order valence-electron chi connectivity index (χ2n) is 17.3. The SMILES string of the molecule is CC1(C)c2ccccc2-c2cccc(N(c3ccc(-c4ccc5ccccc5c4-c4ccc5c(c4)sc4ccccc45)cc3)c3cc(-c4ccccc4)cc(-c4ccccc4)c3)c21. The molecule has 0 radical (unpaired) electrons. The third-order valence-corrected chi connectivity index (χ3v) is 14.4. The molecular weight excluding hydrogens is 779 g/mol. The van der Waals surface area contributed by atoms with E-state index in [1.807, 2.05) is 11.3 Å². The number of thiophene rings is 1. The van der Waals surface area contributed by atoms with Gasteiger partial charge in [-0.2, -0.15) is 0 Å². The molecule has 0 bridgehead atoms. The van der Waals surface area contributed by atoms with Gasteiger partial charge < -0.3 is 4.90 Å². The van der Waals surface area contributed by atoms with E-state index in [0.29, 0.717) is 0 Å². The summed E-state index contributed by atoms with van der Waals surface area (Å²) in [5.41, 5.74) is 18.2. The molecule has 0 fully saturated rings. The zero-order valence-corrected chi connectivity index (χ0v) is 36.0. The van der Waals surface area contributed by atoms with Crippen molar-refractivity contribution in [3.63, 3.8) is 0 Å². The molecule has 298 valence electrons. The summed E-state index contributed by atoms with van der Waals surface area (Å²) in [6.07, 6.45) is 0. The molecule has 2 heteroatoms. The van der Waals surface area contributed by atoms with Gasteiger partial charge in [0, 0.05) is 37.0 Å². The van der Waals surface area contributed by atoms with Gasteiger partial charge in [-0.15, -0.1) is 11.3 Å². The first-order chi connectivity index (χ1) is 31.0. The molecule has 0 spiro atoms. The van der Waals surface area contributed by atoms with Crippen molar-refractivity contribution in [2.24, 2.45) is 0 Å². The summed E-state index contributed by atoms with van der Waals surface area (Å²) < 4.78 is 2.64. The van der Waals surface area contributed by atoms with Gasteiger partial charge in [0.25, 0.3) is 0 Å². The number of hydrogen-bond donors (Lipinski definition) is 0. The van der Waals surface area contributed by atoms with Crippen LogP contribution in [-0.4, -0.2) is 0 Å². The monoisotopic (exact) mass is 821 g/mol. The van der Waals surface area contributed by atoms with E-state index in [4.69, 9.17) is 0 Å². The highest BCUT2D eigenvalue weighted by molar-refractivity contribution is 7.25. The minimum Gasteiger partial charge on any atom is -0.310 e. The van der Waals surface area contributed by atoms with Crippen molar-refractivity contribution in [1.82, 2.24) is 0 Å². The molecule has 1 nitrogen and oxygen atoms in total. The minimum absolute atomic E-state index is 0.213. The van der Waals surface area contributed by atoms with E-state index < -0.39 is 0 Å². The Morgan fingerprint density at radius 2 is 0.984 bits per heavy atom. The largest absolute Gasteiger partial charge is 0.310 e. The molecule has 10 aromatic carbocycles. The molecule has 1 aromatic heterocycles. The lowest BCUT2D eigenvalue weighted by atomic mass is 9.81. The predicted molar refractivity (Wildman–Crippen MR) is 271 cm³/mol. The highest BCUT2D eigenvalue weighted by Crippen LogP contribution is 2.55. The lowest BCUT2D eigenvalue weighted by Gasteiger charge is -2.33. The Kier molecular flexibility index (Phi) is 8.77. The number of anilines is 3. The van der Waals surface area contributed by atoms with Crippen LogP contribution in [0.15, 0.2) is 224 Å². The molecular formula is C61H43NS. The molecule has 12 rings (SSSR count). The van der Waals surface area contributed by atoms with Gasteiger partial charge in [0.15, 0.2) is 0 Å². The molecule has 1 aliphatic rings. The summed E-state index contributed by atoms with van der Waals surface area (Å²) in [4.78, 5) is 2.51. The molecule has 0 aliphatic heterocycles. The molecule has 0 N–H and O–H groups in total. The maximum atomic E-state index is 2.51. The van der Waals surface area contributed by atoms with Crippen LogP contribution in [0.5, 0.6) is 0 Å². The molecule has 11 aromatic rings. The summed E-state index contributed by atoms with van der Waals surface area (Å²) >= 11 is 1.88. The minimum atomic E-state index is -0.213. The fourth-order valence-corrected chi connectivity index (χ4v) is 11.4. The normalized spacial score (nSPS) is 12.7. The number of benzene rings is 10. The van der Waals surface area contributed by atoms with Crippen molar-refractivity contribution >= 4 is 59.3 Å². The maximum absolute atomic E-state index is 2.51. The standard InChI is InChI=1S/C61H43NS/c1-61(2)55-25-13-11-22-51(55)54-24-15-26-56(60(54)61)62(48-37-45(40-16-5-3-6-17-40)36-46(38-48)41-18-7-4-8-19-41)47-32-28-43(29-33-47)50-34-30-42-20-9-10-21-49(42)59(50)44-31-35-53-52-23-12-14-27-57(52)63-58(53)39-44/h3-39H,1-2H3. The Labute approximate surface area is 372 Å². The van der Waals surface area contributed by atoms with E-state index in [1.165, 1.54) is 103 Å². The maximum Gasteiger partial charge on any atom is 0.0508 e. The van der Waals surface area contributed by atoms with Crippen molar-refractivity contribution < 1.29 is 0 Å². The van der Waals surface area contributed by atoms with Gasteiger partial charge in [-0.1, -0.05) is 190 Å². The Morgan fingerprint density at radius 3 is 1.75 bits per heavy atom. The van der Waals surface area contributed by atoms with Gasteiger partial charge in [0.05, 0.1) is 5.69 Å². The number of rotatable bonds is 7. The summed E-state index contributed by atoms with van der Waals surface area (Å²) in [5.74, 6) is 0. The molecule has 0 amide bonds. The van der Waals surface area contributed by atoms with Crippen LogP contribution in [0.25, 0.3) is 86.6 Å². The van der Waals surface area contributed by atoms with Gasteiger partial charge >= 0.3 is 0 Å². The van der Waals surface area contributed by atoms with Gasteiger partial charge in [0.2, 0.25) is 0 Å². The number of nitrogens with zero attached hydrogens (tertiary/aromatic N) is 1. The number of hydrogen-bond acceptors (Lipinski definition) is 2. The Morgan fingerprint density at radius 1 is 0.365 bits per heavy atom. The third kappa shape index (κ3) is 6.21. The Bertz CT molecular complexity index is 3470. The zero-order valence-electron chi connectivity index (χ0n) is 35.2. The second kappa shape index (κ2) is 14.8. The average molecular weight is 822 g/mol. The van der Waals surface area contributed by atoms with E-state index in [9.17, 15) is 0 Å². The highest BCUT2D eigenvalue weighted by atomic mass is 32.1. The molecule has 1 heterocycles. The smallest absolute Gasteiger partial charge is 0.0508 e. The van der Waals surface area contributed by atoms with Crippen molar-refractivity contribution in [1.29, 1.82) is 0 Å². The number of fused-ring (bicyclic) bond motifs is 7. The van der Waals surface area contributed by atoms with E-state index in [0.717, 1.165) is 11.4 Å². The summed E-state index contributed by atoms with van der Waals surface area (Å²) in [5, 5.41) is 5.14. The first-order valence-electron chi connectivity index (χ1n) is 21.8. The molecule has 0 atom stereocenters. The topological polar surface area (TPSA) is 3.24 Å². The third-order valence-electron chi connectivity index (χ3n) is 13.2. The van der Waals surface area contributed by atoms with Gasteiger partial charge in [-0.25, -0.2) is 0 Å². The Balaban J connectivity index is 1.06. The van der Waals surface area contributed by atoms with Crippen LogP contribution < -0.4 is 4.90 Å². The van der Waals surface area contributed by atoms with E-state index in [2.05, 4.69) is 243 Å². The highest BCUT2D eigenvalue weighted by Gasteiger charge is 2.38. The van der Waals surface area contributed by atoms with Crippen LogP contribution in [0.4, 0.5) is 17.1 Å². The molecule has 0 saturated carbocycles. The molecule has 0 unspecified atom stereocenters. The van der Waals surface area contributed by atoms with Gasteiger partial charge in [-0.05, 0) is 126 Å². The van der Waals surface area contributed by atoms with Crippen LogP contribution >= 0.6 is 11.3 Å². The lowest BCUT2D eigenvalue weighted by Crippen LogP contribution is -2.20. The fraction of sp³-hybridized carbons (Fsp3) is 0.0492. The van der Waals surface area contributed by atoms with Gasteiger partial charge in [-0.3, -0.25) is 0 Å². The van der Waals surface area contributed by atoms with Crippen molar-refractivity contribution in [3.8, 4) is 55.6 Å². The Hall–Kier alpha value is -7.52. The van der Waals surface area contributed by atoms with Gasteiger partial charge in [0.1, 0.15) is 0 Å². The first-order valence-corrected chi connectivity index (χ1v) is 22.6. The summed E-state index contributed by atoms with van der Waals surface area (Å²) in [6, 6.07) is 83.0. The lowest BCUT2D eigenvalue weighted by molar-refractivity contribution is 0.661. The van der Waals surface area contributed by atoms with Crippen LogP contribution in [0.3, 0.4) is 0 Å². The second-order valence-corrected chi connectivity index (χ2v) is 18.4. The summed E-state index contributed by atoms with van der Waals surface area (Å²) in [6.45, 7) is 4.77. The van der Waals surface area contributed by atoms with Crippen LogP contribution in [-0.2, 0) is 5.41 Å².